The van der Waals surface area contributed by atoms with E-state index >= 15 is 0 Å². The summed E-state index contributed by atoms with van der Waals surface area (Å²) in [5, 5.41) is 14.0. The molecular weight excluding hydrogens is 355 g/mol. The molecule has 25 heavy (non-hydrogen) atoms. The van der Waals surface area contributed by atoms with Crippen molar-refractivity contribution in [3.63, 3.8) is 0 Å². The topological polar surface area (TPSA) is 64.9 Å². The number of nitrogens with one attached hydrogen (secondary N) is 2. The molecule has 0 unspecified atom stereocenters. The molecule has 0 saturated carbocycles. The molecule has 0 saturated heterocycles. The average molecular weight is 368 g/mol. The van der Waals surface area contributed by atoms with Crippen molar-refractivity contribution in [2.24, 2.45) is 0 Å². The lowest BCUT2D eigenvalue weighted by molar-refractivity contribution is -0.137. The van der Waals surface area contributed by atoms with Crippen molar-refractivity contribution in [1.82, 2.24) is 0 Å². The monoisotopic (exact) mass is 367 g/mol. The van der Waals surface area contributed by atoms with Gasteiger partial charge in [-0.25, -0.2) is 0 Å². The second-order valence-electron chi connectivity index (χ2n) is 5.07. The van der Waals surface area contributed by atoms with E-state index in [1.54, 1.807) is 24.3 Å². The Morgan fingerprint density at radius 2 is 1.88 bits per heavy atom. The summed E-state index contributed by atoms with van der Waals surface area (Å²) in [6, 6.07) is 11.9. The van der Waals surface area contributed by atoms with Crippen LogP contribution in [0.3, 0.4) is 0 Å². The number of rotatable bonds is 5. The van der Waals surface area contributed by atoms with Crippen molar-refractivity contribution in [2.45, 2.75) is 12.6 Å². The molecule has 0 fully saturated rings. The SMILES string of the molecule is N#Cc1ccccc1NCCC(=O)Nc1ccc(Cl)cc1C(F)(F)F. The van der Waals surface area contributed by atoms with Crippen molar-refractivity contribution in [3.05, 3.63) is 58.6 Å². The number of hydrogen-bond donors (Lipinski definition) is 2. The maximum Gasteiger partial charge on any atom is 0.418 e. The van der Waals surface area contributed by atoms with E-state index in [0.29, 0.717) is 11.3 Å². The van der Waals surface area contributed by atoms with Gasteiger partial charge in [-0.2, -0.15) is 18.4 Å². The van der Waals surface area contributed by atoms with Crippen LogP contribution in [0.4, 0.5) is 24.5 Å². The van der Waals surface area contributed by atoms with Crippen LogP contribution in [0.25, 0.3) is 0 Å². The van der Waals surface area contributed by atoms with E-state index in [4.69, 9.17) is 16.9 Å². The normalized spacial score (nSPS) is 10.8. The predicted octanol–water partition coefficient (Wildman–Crippen LogP) is 4.67. The lowest BCUT2D eigenvalue weighted by Crippen LogP contribution is -2.19. The summed E-state index contributed by atoms with van der Waals surface area (Å²) in [7, 11) is 0. The second-order valence-corrected chi connectivity index (χ2v) is 5.51. The Morgan fingerprint density at radius 1 is 1.16 bits per heavy atom. The number of benzene rings is 2. The number of alkyl halides is 3. The molecule has 0 atom stereocenters. The molecule has 4 nitrogen and oxygen atoms in total. The summed E-state index contributed by atoms with van der Waals surface area (Å²) in [6.07, 6.45) is -4.70. The van der Waals surface area contributed by atoms with Gasteiger partial charge in [0, 0.05) is 18.0 Å². The largest absolute Gasteiger partial charge is 0.418 e. The van der Waals surface area contributed by atoms with Gasteiger partial charge in [-0.1, -0.05) is 23.7 Å². The maximum atomic E-state index is 13.0. The summed E-state index contributed by atoms with van der Waals surface area (Å²) in [4.78, 5) is 11.9. The molecule has 0 aromatic heterocycles. The lowest BCUT2D eigenvalue weighted by Gasteiger charge is -2.14. The highest BCUT2D eigenvalue weighted by Crippen LogP contribution is 2.36. The van der Waals surface area contributed by atoms with Crippen molar-refractivity contribution in [1.29, 1.82) is 5.26 Å². The van der Waals surface area contributed by atoms with Crippen LogP contribution in [-0.4, -0.2) is 12.5 Å². The molecule has 8 heteroatoms. The molecule has 2 rings (SSSR count). The number of amides is 1. The van der Waals surface area contributed by atoms with Gasteiger partial charge in [-0.3, -0.25) is 4.79 Å². The first-order valence-corrected chi connectivity index (χ1v) is 7.58. The maximum absolute atomic E-state index is 13.0. The van der Waals surface area contributed by atoms with Gasteiger partial charge >= 0.3 is 6.18 Å². The number of nitriles is 1. The van der Waals surface area contributed by atoms with Crippen LogP contribution < -0.4 is 10.6 Å². The van der Waals surface area contributed by atoms with E-state index in [2.05, 4.69) is 10.6 Å². The summed E-state index contributed by atoms with van der Waals surface area (Å²) >= 11 is 5.59. The first-order chi connectivity index (χ1) is 11.8. The smallest absolute Gasteiger partial charge is 0.383 e. The molecule has 0 heterocycles. The molecule has 0 aliphatic heterocycles. The number of hydrogen-bond acceptors (Lipinski definition) is 3. The van der Waals surface area contributed by atoms with Gasteiger partial charge < -0.3 is 10.6 Å². The van der Waals surface area contributed by atoms with Gasteiger partial charge in [0.15, 0.2) is 0 Å². The van der Waals surface area contributed by atoms with Crippen LogP contribution in [0.15, 0.2) is 42.5 Å². The van der Waals surface area contributed by atoms with E-state index in [-0.39, 0.29) is 23.7 Å². The van der Waals surface area contributed by atoms with Gasteiger partial charge in [0.1, 0.15) is 6.07 Å². The van der Waals surface area contributed by atoms with Crippen LogP contribution >= 0.6 is 11.6 Å². The molecule has 2 aromatic carbocycles. The van der Waals surface area contributed by atoms with Gasteiger partial charge in [0.25, 0.3) is 0 Å². The Kier molecular flexibility index (Phi) is 5.88. The number of carbonyl (C=O) groups is 1. The average Bonchev–Trinajstić information content (AvgIpc) is 2.56. The summed E-state index contributed by atoms with van der Waals surface area (Å²) in [5.41, 5.74) is -0.379. The minimum atomic E-state index is -4.63. The van der Waals surface area contributed by atoms with Crippen LogP contribution in [0.5, 0.6) is 0 Å². The van der Waals surface area contributed by atoms with Crippen LogP contribution in [0, 0.1) is 11.3 Å². The van der Waals surface area contributed by atoms with Gasteiger partial charge in [0.05, 0.1) is 22.5 Å². The molecule has 2 aromatic rings. The highest BCUT2D eigenvalue weighted by Gasteiger charge is 2.34. The van der Waals surface area contributed by atoms with Crippen LogP contribution in [0.1, 0.15) is 17.5 Å². The van der Waals surface area contributed by atoms with E-state index in [1.807, 2.05) is 6.07 Å². The quantitative estimate of drug-likeness (QED) is 0.807. The standard InChI is InChI=1S/C17H13ClF3N3O/c18-12-5-6-15(13(9-12)17(19,20)21)24-16(25)7-8-23-14-4-2-1-3-11(14)10-22/h1-6,9,23H,7-8H2,(H,24,25). The third-order valence-corrected chi connectivity index (χ3v) is 3.51. The van der Waals surface area contributed by atoms with Crippen LogP contribution in [0.2, 0.25) is 5.02 Å². The number of anilines is 2. The zero-order valence-electron chi connectivity index (χ0n) is 12.8. The number of nitrogens with zero attached hydrogens (tertiary/aromatic N) is 1. The third-order valence-electron chi connectivity index (χ3n) is 3.28. The minimum Gasteiger partial charge on any atom is -0.383 e. The fourth-order valence-electron chi connectivity index (χ4n) is 2.12. The lowest BCUT2D eigenvalue weighted by atomic mass is 10.1. The summed E-state index contributed by atoms with van der Waals surface area (Å²) in [5.74, 6) is -0.588. The van der Waals surface area contributed by atoms with Gasteiger partial charge in [0.2, 0.25) is 5.91 Å². The van der Waals surface area contributed by atoms with Crippen LogP contribution in [-0.2, 0) is 11.0 Å². The van der Waals surface area contributed by atoms with Crippen molar-refractivity contribution in [2.75, 3.05) is 17.2 Å². The molecule has 1 amide bonds. The van der Waals surface area contributed by atoms with E-state index < -0.39 is 17.6 Å². The first-order valence-electron chi connectivity index (χ1n) is 7.21. The van der Waals surface area contributed by atoms with Crippen molar-refractivity contribution < 1.29 is 18.0 Å². The number of halogens is 4. The second kappa shape index (κ2) is 7.90. The minimum absolute atomic E-state index is 0.0694. The predicted molar refractivity (Wildman–Crippen MR) is 89.3 cm³/mol. The molecular formula is C17H13ClF3N3O. The Balaban J connectivity index is 1.99. The summed E-state index contributed by atoms with van der Waals surface area (Å²) < 4.78 is 38.9. The van der Waals surface area contributed by atoms with E-state index in [9.17, 15) is 18.0 Å². The molecule has 0 spiro atoms. The number of carbonyl (C=O) groups excluding carboxylic acids is 1. The first kappa shape index (κ1) is 18.6. The van der Waals surface area contributed by atoms with Gasteiger partial charge in [-0.05, 0) is 30.3 Å². The Labute approximate surface area is 147 Å². The summed E-state index contributed by atoms with van der Waals surface area (Å²) in [6.45, 7) is 0.166. The molecule has 0 radical (unpaired) electrons. The zero-order chi connectivity index (χ0) is 18.4. The van der Waals surface area contributed by atoms with E-state index in [1.165, 1.54) is 6.07 Å². The zero-order valence-corrected chi connectivity index (χ0v) is 13.6. The number of para-hydroxylation sites is 1. The Bertz CT molecular complexity index is 816. The Hall–Kier alpha value is -2.72. The molecule has 0 aliphatic rings. The molecule has 130 valence electrons. The fraction of sp³-hybridized carbons (Fsp3) is 0.176. The fourth-order valence-corrected chi connectivity index (χ4v) is 2.29. The molecule has 2 N–H and O–H groups in total. The molecule has 0 aliphatic carbocycles. The highest BCUT2D eigenvalue weighted by atomic mass is 35.5. The highest BCUT2D eigenvalue weighted by molar-refractivity contribution is 6.30. The van der Waals surface area contributed by atoms with Crippen molar-refractivity contribution >= 4 is 28.9 Å². The van der Waals surface area contributed by atoms with E-state index in [0.717, 1.165) is 12.1 Å². The molecule has 0 bridgehead atoms. The Morgan fingerprint density at radius 3 is 2.56 bits per heavy atom. The van der Waals surface area contributed by atoms with Gasteiger partial charge in [-0.15, -0.1) is 0 Å². The van der Waals surface area contributed by atoms with Crippen molar-refractivity contribution in [3.8, 4) is 6.07 Å². The third kappa shape index (κ3) is 5.13.